The van der Waals surface area contributed by atoms with Gasteiger partial charge in [0.15, 0.2) is 0 Å². The monoisotopic (exact) mass is 396 g/mol. The van der Waals surface area contributed by atoms with Crippen molar-refractivity contribution in [2.45, 2.75) is 27.3 Å². The Morgan fingerprint density at radius 3 is 2.54 bits per heavy atom. The molecule has 0 aliphatic carbocycles. The second kappa shape index (κ2) is 8.59. The van der Waals surface area contributed by atoms with Crippen molar-refractivity contribution in [3.63, 3.8) is 0 Å². The molecule has 0 bridgehead atoms. The summed E-state index contributed by atoms with van der Waals surface area (Å²) in [7, 11) is 1.91. The van der Waals surface area contributed by atoms with Gasteiger partial charge in [0, 0.05) is 11.6 Å². The minimum absolute atomic E-state index is 0.0702. The van der Waals surface area contributed by atoms with Crippen LogP contribution in [0, 0.1) is 20.8 Å². The molecule has 0 saturated carbocycles. The molecule has 0 unspecified atom stereocenters. The number of nitrogens with one attached hydrogen (secondary N) is 1. The van der Waals surface area contributed by atoms with Crippen molar-refractivity contribution >= 4 is 23.2 Å². The number of hydrogen-bond acceptors (Lipinski definition) is 3. The summed E-state index contributed by atoms with van der Waals surface area (Å²) in [6.45, 7) is 6.85. The number of anilines is 1. The van der Waals surface area contributed by atoms with Crippen LogP contribution in [0.25, 0.3) is 5.69 Å². The van der Waals surface area contributed by atoms with Gasteiger partial charge < -0.3 is 5.32 Å². The molecule has 28 heavy (non-hydrogen) atoms. The third-order valence-electron chi connectivity index (χ3n) is 4.59. The summed E-state index contributed by atoms with van der Waals surface area (Å²) in [5, 5.41) is 8.31. The molecule has 0 atom stereocenters. The van der Waals surface area contributed by atoms with Crippen molar-refractivity contribution in [2.24, 2.45) is 0 Å². The molecule has 1 heterocycles. The molecule has 0 saturated heterocycles. The lowest BCUT2D eigenvalue weighted by molar-refractivity contribution is -0.117. The number of aryl methyl sites for hydroxylation is 2. The van der Waals surface area contributed by atoms with Crippen molar-refractivity contribution in [3.8, 4) is 5.69 Å². The van der Waals surface area contributed by atoms with E-state index in [-0.39, 0.29) is 12.5 Å². The Morgan fingerprint density at radius 1 is 1.14 bits per heavy atom. The zero-order valence-electron chi connectivity index (χ0n) is 16.7. The van der Waals surface area contributed by atoms with Crippen LogP contribution >= 0.6 is 11.6 Å². The van der Waals surface area contributed by atoms with Crippen molar-refractivity contribution in [3.05, 3.63) is 76.1 Å². The average molecular weight is 397 g/mol. The van der Waals surface area contributed by atoms with Crippen molar-refractivity contribution in [1.82, 2.24) is 14.7 Å². The van der Waals surface area contributed by atoms with Crippen LogP contribution in [0.2, 0.25) is 5.02 Å². The first-order chi connectivity index (χ1) is 13.3. The van der Waals surface area contributed by atoms with Gasteiger partial charge in [-0.3, -0.25) is 9.69 Å². The molecule has 3 aromatic rings. The maximum absolute atomic E-state index is 12.6. The molecule has 1 aromatic heterocycles. The van der Waals surface area contributed by atoms with Gasteiger partial charge in [-0.25, -0.2) is 4.68 Å². The molecule has 1 N–H and O–H groups in total. The second-order valence-corrected chi connectivity index (χ2v) is 7.58. The van der Waals surface area contributed by atoms with Crippen molar-refractivity contribution in [2.75, 3.05) is 18.9 Å². The number of likely N-dealkylation sites (N-methyl/N-ethyl adjacent to an activating group) is 1. The average Bonchev–Trinajstić information content (AvgIpc) is 2.90. The van der Waals surface area contributed by atoms with E-state index in [1.54, 1.807) is 0 Å². The lowest BCUT2D eigenvalue weighted by atomic mass is 10.2. The standard InChI is InChI=1S/C22H25ClN4O/c1-15-8-10-20(11-9-15)27-17(3)22(16(2)25-27)24-21(28)14-26(4)13-18-6-5-7-19(23)12-18/h5-12H,13-14H2,1-4H3,(H,24,28). The second-order valence-electron chi connectivity index (χ2n) is 7.14. The van der Waals surface area contributed by atoms with E-state index >= 15 is 0 Å². The first-order valence-electron chi connectivity index (χ1n) is 9.19. The minimum atomic E-state index is -0.0702. The molecule has 6 heteroatoms. The fourth-order valence-electron chi connectivity index (χ4n) is 3.19. The summed E-state index contributed by atoms with van der Waals surface area (Å²) in [4.78, 5) is 14.5. The largest absolute Gasteiger partial charge is 0.322 e. The van der Waals surface area contributed by atoms with E-state index in [1.165, 1.54) is 5.56 Å². The highest BCUT2D eigenvalue weighted by molar-refractivity contribution is 6.30. The van der Waals surface area contributed by atoms with Crippen LogP contribution < -0.4 is 5.32 Å². The third-order valence-corrected chi connectivity index (χ3v) is 4.82. The van der Waals surface area contributed by atoms with Crippen LogP contribution in [0.4, 0.5) is 5.69 Å². The molecule has 5 nitrogen and oxygen atoms in total. The predicted molar refractivity (Wildman–Crippen MR) is 114 cm³/mol. The smallest absolute Gasteiger partial charge is 0.238 e. The van der Waals surface area contributed by atoms with Crippen molar-refractivity contribution in [1.29, 1.82) is 0 Å². The fraction of sp³-hybridized carbons (Fsp3) is 0.273. The summed E-state index contributed by atoms with van der Waals surface area (Å²) in [5.41, 5.74) is 5.71. The number of benzene rings is 2. The Hall–Kier alpha value is -2.63. The highest BCUT2D eigenvalue weighted by Crippen LogP contribution is 2.23. The molecular formula is C22H25ClN4O. The minimum Gasteiger partial charge on any atom is -0.322 e. The number of carbonyl (C=O) groups excluding carboxylic acids is 1. The summed E-state index contributed by atoms with van der Waals surface area (Å²) in [6, 6.07) is 15.8. The molecule has 0 fully saturated rings. The molecule has 3 rings (SSSR count). The zero-order valence-corrected chi connectivity index (χ0v) is 17.4. The number of amides is 1. The quantitative estimate of drug-likeness (QED) is 0.666. The molecule has 0 radical (unpaired) electrons. The van der Waals surface area contributed by atoms with Gasteiger partial charge in [0.05, 0.1) is 29.3 Å². The lowest BCUT2D eigenvalue weighted by Crippen LogP contribution is -2.30. The first-order valence-corrected chi connectivity index (χ1v) is 9.57. The van der Waals surface area contributed by atoms with Gasteiger partial charge in [-0.2, -0.15) is 5.10 Å². The molecule has 0 spiro atoms. The Morgan fingerprint density at radius 2 is 1.86 bits per heavy atom. The van der Waals surface area contributed by atoms with E-state index < -0.39 is 0 Å². The van der Waals surface area contributed by atoms with E-state index in [2.05, 4.69) is 29.5 Å². The van der Waals surface area contributed by atoms with Crippen molar-refractivity contribution < 1.29 is 4.79 Å². The van der Waals surface area contributed by atoms with Crippen LogP contribution in [0.15, 0.2) is 48.5 Å². The fourth-order valence-corrected chi connectivity index (χ4v) is 3.40. The summed E-state index contributed by atoms with van der Waals surface area (Å²) >= 11 is 6.03. The SMILES string of the molecule is Cc1ccc(-n2nc(C)c(NC(=O)CN(C)Cc3cccc(Cl)c3)c2C)cc1. The summed E-state index contributed by atoms with van der Waals surface area (Å²) in [6.07, 6.45) is 0. The molecular weight excluding hydrogens is 372 g/mol. The van der Waals surface area contributed by atoms with Crippen LogP contribution in [0.5, 0.6) is 0 Å². The van der Waals surface area contributed by atoms with Crippen LogP contribution in [-0.4, -0.2) is 34.2 Å². The number of aromatic nitrogens is 2. The number of nitrogens with zero attached hydrogens (tertiary/aromatic N) is 3. The van der Waals surface area contributed by atoms with Gasteiger partial charge in [0.2, 0.25) is 5.91 Å². The molecule has 2 aromatic carbocycles. The van der Waals surface area contributed by atoms with Crippen LogP contribution in [-0.2, 0) is 11.3 Å². The molecule has 1 amide bonds. The Bertz CT molecular complexity index is 979. The predicted octanol–water partition coefficient (Wildman–Crippen LogP) is 4.52. The van der Waals surface area contributed by atoms with E-state index in [0.717, 1.165) is 28.3 Å². The summed E-state index contributed by atoms with van der Waals surface area (Å²) in [5.74, 6) is -0.0702. The van der Waals surface area contributed by atoms with Gasteiger partial charge in [-0.05, 0) is 57.6 Å². The molecule has 0 aliphatic rings. The van der Waals surface area contributed by atoms with Crippen LogP contribution in [0.1, 0.15) is 22.5 Å². The van der Waals surface area contributed by atoms with E-state index in [4.69, 9.17) is 11.6 Å². The third kappa shape index (κ3) is 4.80. The summed E-state index contributed by atoms with van der Waals surface area (Å²) < 4.78 is 1.86. The maximum Gasteiger partial charge on any atom is 0.238 e. The van der Waals surface area contributed by atoms with Crippen LogP contribution in [0.3, 0.4) is 0 Å². The van der Waals surface area contributed by atoms with E-state index in [1.807, 2.05) is 66.9 Å². The van der Waals surface area contributed by atoms with Gasteiger partial charge in [-0.15, -0.1) is 0 Å². The lowest BCUT2D eigenvalue weighted by Gasteiger charge is -2.16. The topological polar surface area (TPSA) is 50.2 Å². The maximum atomic E-state index is 12.6. The number of carbonyl (C=O) groups is 1. The number of hydrogen-bond donors (Lipinski definition) is 1. The first kappa shape index (κ1) is 20.1. The highest BCUT2D eigenvalue weighted by atomic mass is 35.5. The Balaban J connectivity index is 1.67. The zero-order chi connectivity index (χ0) is 20.3. The number of halogens is 1. The molecule has 0 aliphatic heterocycles. The number of rotatable bonds is 6. The van der Waals surface area contributed by atoms with Gasteiger partial charge in [0.25, 0.3) is 0 Å². The highest BCUT2D eigenvalue weighted by Gasteiger charge is 2.16. The molecule has 146 valence electrons. The van der Waals surface area contributed by atoms with Gasteiger partial charge in [0.1, 0.15) is 0 Å². The Labute approximate surface area is 170 Å². The normalized spacial score (nSPS) is 11.1. The van der Waals surface area contributed by atoms with E-state index in [9.17, 15) is 4.79 Å². The van der Waals surface area contributed by atoms with E-state index in [0.29, 0.717) is 11.6 Å². The van der Waals surface area contributed by atoms with Gasteiger partial charge in [-0.1, -0.05) is 41.4 Å². The van der Waals surface area contributed by atoms with Gasteiger partial charge >= 0.3 is 0 Å². The Kier molecular flexibility index (Phi) is 6.17.